The Morgan fingerprint density at radius 1 is 1.21 bits per heavy atom. The predicted octanol–water partition coefficient (Wildman–Crippen LogP) is 4.31. The molecule has 1 unspecified atom stereocenters. The maximum absolute atomic E-state index is 6.28. The first-order valence-corrected chi connectivity index (χ1v) is 8.90. The third-order valence-corrected chi connectivity index (χ3v) is 5.51. The molecule has 0 aliphatic carbocycles. The molecule has 0 spiro atoms. The summed E-state index contributed by atoms with van der Waals surface area (Å²) in [6.07, 6.45) is 5.85. The van der Waals surface area contributed by atoms with E-state index in [1.54, 1.807) is 0 Å². The number of rotatable bonds is 3. The number of aromatic nitrogens is 2. The van der Waals surface area contributed by atoms with Gasteiger partial charge < -0.3 is 4.57 Å². The number of pyridine rings is 1. The SMILES string of the molecule is CC1Cc2c(c3cc(Cl)ccc3n2CCc2ccncc2)CN1C. The number of benzene rings is 1. The number of hydrogen-bond donors (Lipinski definition) is 0. The molecule has 1 aliphatic heterocycles. The Morgan fingerprint density at radius 2 is 2.00 bits per heavy atom. The van der Waals surface area contributed by atoms with E-state index in [1.165, 1.54) is 27.7 Å². The van der Waals surface area contributed by atoms with Crippen molar-refractivity contribution in [3.8, 4) is 0 Å². The van der Waals surface area contributed by atoms with Crippen molar-refractivity contribution >= 4 is 22.5 Å². The average Bonchev–Trinajstić information content (AvgIpc) is 2.87. The van der Waals surface area contributed by atoms with Crippen LogP contribution >= 0.6 is 11.6 Å². The number of hydrogen-bond acceptors (Lipinski definition) is 2. The highest BCUT2D eigenvalue weighted by Crippen LogP contribution is 2.34. The van der Waals surface area contributed by atoms with E-state index in [1.807, 2.05) is 18.5 Å². The van der Waals surface area contributed by atoms with Gasteiger partial charge in [-0.1, -0.05) is 11.6 Å². The van der Waals surface area contributed by atoms with Gasteiger partial charge in [0.05, 0.1) is 0 Å². The van der Waals surface area contributed by atoms with Crippen LogP contribution in [-0.2, 0) is 25.9 Å². The highest BCUT2D eigenvalue weighted by Gasteiger charge is 2.26. The van der Waals surface area contributed by atoms with Gasteiger partial charge in [0.1, 0.15) is 0 Å². The summed E-state index contributed by atoms with van der Waals surface area (Å²) in [5.74, 6) is 0. The van der Waals surface area contributed by atoms with Crippen molar-refractivity contribution in [3.63, 3.8) is 0 Å². The van der Waals surface area contributed by atoms with Gasteiger partial charge in [0, 0.05) is 59.6 Å². The van der Waals surface area contributed by atoms with Gasteiger partial charge in [-0.15, -0.1) is 0 Å². The molecule has 124 valence electrons. The summed E-state index contributed by atoms with van der Waals surface area (Å²) in [5.41, 5.74) is 5.56. The summed E-state index contributed by atoms with van der Waals surface area (Å²) >= 11 is 6.28. The van der Waals surface area contributed by atoms with Crippen LogP contribution in [0.15, 0.2) is 42.7 Å². The van der Waals surface area contributed by atoms with Gasteiger partial charge in [-0.3, -0.25) is 9.88 Å². The van der Waals surface area contributed by atoms with Crippen LogP contribution in [0.1, 0.15) is 23.7 Å². The third kappa shape index (κ3) is 2.72. The van der Waals surface area contributed by atoms with Crippen molar-refractivity contribution in [2.75, 3.05) is 7.05 Å². The Labute approximate surface area is 147 Å². The van der Waals surface area contributed by atoms with Crippen LogP contribution in [0.3, 0.4) is 0 Å². The van der Waals surface area contributed by atoms with Gasteiger partial charge in [0.15, 0.2) is 0 Å². The van der Waals surface area contributed by atoms with Crippen molar-refractivity contribution in [1.82, 2.24) is 14.5 Å². The Morgan fingerprint density at radius 3 is 2.79 bits per heavy atom. The van der Waals surface area contributed by atoms with Crippen LogP contribution in [0.25, 0.3) is 10.9 Å². The highest BCUT2D eigenvalue weighted by molar-refractivity contribution is 6.31. The minimum atomic E-state index is 0.567. The molecule has 3 heterocycles. The Hall–Kier alpha value is -1.84. The summed E-state index contributed by atoms with van der Waals surface area (Å²) in [5, 5.41) is 2.13. The largest absolute Gasteiger partial charge is 0.344 e. The summed E-state index contributed by atoms with van der Waals surface area (Å²) in [6, 6.07) is 11.1. The van der Waals surface area contributed by atoms with E-state index in [4.69, 9.17) is 11.6 Å². The molecular weight excluding hydrogens is 318 g/mol. The molecule has 3 nitrogen and oxygen atoms in total. The average molecular weight is 340 g/mol. The topological polar surface area (TPSA) is 21.1 Å². The minimum Gasteiger partial charge on any atom is -0.344 e. The molecule has 0 saturated carbocycles. The second-order valence-corrected chi connectivity index (χ2v) is 7.25. The fourth-order valence-corrected chi connectivity index (χ4v) is 3.92. The molecule has 3 aromatic rings. The minimum absolute atomic E-state index is 0.567. The molecule has 0 bridgehead atoms. The zero-order valence-corrected chi connectivity index (χ0v) is 14.9. The first kappa shape index (κ1) is 15.7. The first-order valence-electron chi connectivity index (χ1n) is 8.52. The molecule has 0 amide bonds. The molecule has 4 rings (SSSR count). The second kappa shape index (κ2) is 6.23. The third-order valence-electron chi connectivity index (χ3n) is 5.27. The number of nitrogens with zero attached hydrogens (tertiary/aromatic N) is 3. The molecule has 0 N–H and O–H groups in total. The molecule has 1 aliphatic rings. The van der Waals surface area contributed by atoms with Crippen molar-refractivity contribution in [1.29, 1.82) is 0 Å². The predicted molar refractivity (Wildman–Crippen MR) is 99.5 cm³/mol. The van der Waals surface area contributed by atoms with Crippen LogP contribution in [0, 0.1) is 0 Å². The lowest BCUT2D eigenvalue weighted by Gasteiger charge is -2.31. The molecule has 0 fully saturated rings. The number of halogens is 1. The molecule has 24 heavy (non-hydrogen) atoms. The maximum atomic E-state index is 6.28. The lowest BCUT2D eigenvalue weighted by atomic mass is 10.00. The molecule has 4 heteroatoms. The van der Waals surface area contributed by atoms with E-state index in [9.17, 15) is 0 Å². The van der Waals surface area contributed by atoms with Gasteiger partial charge >= 0.3 is 0 Å². The lowest BCUT2D eigenvalue weighted by molar-refractivity contribution is 0.228. The molecule has 0 radical (unpaired) electrons. The van der Waals surface area contributed by atoms with E-state index >= 15 is 0 Å². The fraction of sp³-hybridized carbons (Fsp3) is 0.350. The Bertz CT molecular complexity index is 869. The van der Waals surface area contributed by atoms with Crippen LogP contribution < -0.4 is 0 Å². The van der Waals surface area contributed by atoms with E-state index in [-0.39, 0.29) is 0 Å². The van der Waals surface area contributed by atoms with Gasteiger partial charge in [-0.2, -0.15) is 0 Å². The Balaban J connectivity index is 1.78. The van der Waals surface area contributed by atoms with E-state index in [0.717, 1.165) is 31.0 Å². The maximum Gasteiger partial charge on any atom is 0.0487 e. The molecule has 0 saturated heterocycles. The number of aryl methyl sites for hydroxylation is 2. The van der Waals surface area contributed by atoms with Gasteiger partial charge in [0.2, 0.25) is 0 Å². The quantitative estimate of drug-likeness (QED) is 0.709. The monoisotopic (exact) mass is 339 g/mol. The summed E-state index contributed by atoms with van der Waals surface area (Å²) < 4.78 is 2.50. The van der Waals surface area contributed by atoms with Crippen LogP contribution in [-0.4, -0.2) is 27.5 Å². The fourth-order valence-electron chi connectivity index (χ4n) is 3.75. The van der Waals surface area contributed by atoms with Gasteiger partial charge in [-0.25, -0.2) is 0 Å². The first-order chi connectivity index (χ1) is 11.6. The van der Waals surface area contributed by atoms with Crippen molar-refractivity contribution in [2.45, 2.75) is 38.9 Å². The standard InChI is InChI=1S/C20H22ClN3/c1-14-11-20-18(13-23(14)2)17-12-16(21)3-4-19(17)24(20)10-7-15-5-8-22-9-6-15/h3-6,8-9,12,14H,7,10-11,13H2,1-2H3. The van der Waals surface area contributed by atoms with Gasteiger partial charge in [0.25, 0.3) is 0 Å². The van der Waals surface area contributed by atoms with E-state index in [0.29, 0.717) is 6.04 Å². The van der Waals surface area contributed by atoms with E-state index < -0.39 is 0 Å². The van der Waals surface area contributed by atoms with Crippen LogP contribution in [0.2, 0.25) is 5.02 Å². The zero-order chi connectivity index (χ0) is 16.7. The normalized spacial score (nSPS) is 18.0. The van der Waals surface area contributed by atoms with E-state index in [2.05, 4.69) is 52.7 Å². The molecule has 1 aromatic carbocycles. The second-order valence-electron chi connectivity index (χ2n) is 6.81. The summed E-state index contributed by atoms with van der Waals surface area (Å²) in [6.45, 7) is 4.30. The van der Waals surface area contributed by atoms with Crippen LogP contribution in [0.5, 0.6) is 0 Å². The van der Waals surface area contributed by atoms with Crippen molar-refractivity contribution < 1.29 is 0 Å². The zero-order valence-electron chi connectivity index (χ0n) is 14.2. The van der Waals surface area contributed by atoms with Crippen molar-refractivity contribution in [3.05, 3.63) is 64.6 Å². The van der Waals surface area contributed by atoms with Crippen molar-refractivity contribution in [2.24, 2.45) is 0 Å². The summed E-state index contributed by atoms with van der Waals surface area (Å²) in [7, 11) is 2.21. The number of fused-ring (bicyclic) bond motifs is 3. The lowest BCUT2D eigenvalue weighted by Crippen LogP contribution is -2.35. The van der Waals surface area contributed by atoms with Crippen LogP contribution in [0.4, 0.5) is 0 Å². The number of likely N-dealkylation sites (N-methyl/N-ethyl adjacent to an activating group) is 1. The Kier molecular flexibility index (Phi) is 4.07. The summed E-state index contributed by atoms with van der Waals surface area (Å²) in [4.78, 5) is 6.54. The molecule has 1 atom stereocenters. The molecule has 2 aromatic heterocycles. The molecular formula is C20H22ClN3. The highest BCUT2D eigenvalue weighted by atomic mass is 35.5. The van der Waals surface area contributed by atoms with Gasteiger partial charge in [-0.05, 0) is 61.9 Å². The smallest absolute Gasteiger partial charge is 0.0487 e.